The zero-order chi connectivity index (χ0) is 14.5. The highest BCUT2D eigenvalue weighted by Crippen LogP contribution is 2.21. The Balaban J connectivity index is 1.84. The van der Waals surface area contributed by atoms with E-state index in [-0.39, 0.29) is 23.3 Å². The molecular weight excluding hydrogens is 276 g/mol. The number of phenols is 1. The SMILES string of the molecule is CC(C)c1cc(NC(=O)CSc2ccc(O)cc2)on1. The summed E-state index contributed by atoms with van der Waals surface area (Å²) in [6.45, 7) is 4.01. The summed E-state index contributed by atoms with van der Waals surface area (Å²) >= 11 is 1.38. The van der Waals surface area contributed by atoms with Gasteiger partial charge in [0.25, 0.3) is 0 Å². The number of carbonyl (C=O) groups excluding carboxylic acids is 1. The number of benzene rings is 1. The minimum atomic E-state index is -0.158. The van der Waals surface area contributed by atoms with E-state index in [9.17, 15) is 4.79 Å². The first-order valence-electron chi connectivity index (χ1n) is 6.23. The number of aromatic nitrogens is 1. The van der Waals surface area contributed by atoms with E-state index in [0.717, 1.165) is 10.6 Å². The van der Waals surface area contributed by atoms with Crippen LogP contribution in [0.2, 0.25) is 0 Å². The van der Waals surface area contributed by atoms with Crippen molar-refractivity contribution in [1.29, 1.82) is 0 Å². The Morgan fingerprint density at radius 2 is 2.10 bits per heavy atom. The number of rotatable bonds is 5. The van der Waals surface area contributed by atoms with Gasteiger partial charge in [0.15, 0.2) is 0 Å². The van der Waals surface area contributed by atoms with Crippen LogP contribution in [-0.2, 0) is 4.79 Å². The van der Waals surface area contributed by atoms with Gasteiger partial charge >= 0.3 is 0 Å². The van der Waals surface area contributed by atoms with Gasteiger partial charge in [-0.3, -0.25) is 10.1 Å². The summed E-state index contributed by atoms with van der Waals surface area (Å²) in [5, 5.41) is 15.7. The lowest BCUT2D eigenvalue weighted by molar-refractivity contribution is -0.113. The zero-order valence-electron chi connectivity index (χ0n) is 11.3. The zero-order valence-corrected chi connectivity index (χ0v) is 12.1. The van der Waals surface area contributed by atoms with Gasteiger partial charge in [0, 0.05) is 11.0 Å². The van der Waals surface area contributed by atoms with E-state index in [1.807, 2.05) is 13.8 Å². The second-order valence-corrected chi connectivity index (χ2v) is 5.65. The van der Waals surface area contributed by atoms with Crippen molar-refractivity contribution in [2.45, 2.75) is 24.7 Å². The molecule has 2 aromatic rings. The van der Waals surface area contributed by atoms with Crippen LogP contribution in [-0.4, -0.2) is 21.9 Å². The standard InChI is InChI=1S/C14H16N2O3S/c1-9(2)12-7-14(19-16-12)15-13(18)8-20-11-5-3-10(17)4-6-11/h3-7,9,17H,8H2,1-2H3,(H,15,18). The summed E-state index contributed by atoms with van der Waals surface area (Å²) in [4.78, 5) is 12.7. The van der Waals surface area contributed by atoms with Gasteiger partial charge in [-0.1, -0.05) is 19.0 Å². The molecule has 1 heterocycles. The molecule has 0 spiro atoms. The van der Waals surface area contributed by atoms with Crippen LogP contribution in [0, 0.1) is 0 Å². The number of aromatic hydroxyl groups is 1. The molecule has 6 heteroatoms. The quantitative estimate of drug-likeness (QED) is 0.827. The number of phenolic OH excluding ortho intramolecular Hbond substituents is 1. The number of nitrogens with one attached hydrogen (secondary N) is 1. The van der Waals surface area contributed by atoms with Crippen molar-refractivity contribution in [3.8, 4) is 5.75 Å². The molecule has 0 fully saturated rings. The number of amides is 1. The minimum Gasteiger partial charge on any atom is -0.508 e. The lowest BCUT2D eigenvalue weighted by atomic mass is 10.1. The molecule has 0 saturated carbocycles. The molecule has 0 unspecified atom stereocenters. The average molecular weight is 292 g/mol. The number of anilines is 1. The Labute approximate surface area is 121 Å². The monoisotopic (exact) mass is 292 g/mol. The van der Waals surface area contributed by atoms with E-state index in [1.165, 1.54) is 11.8 Å². The summed E-state index contributed by atoms with van der Waals surface area (Å²) in [5.41, 5.74) is 0.812. The summed E-state index contributed by atoms with van der Waals surface area (Å²) in [7, 11) is 0. The maximum absolute atomic E-state index is 11.8. The van der Waals surface area contributed by atoms with Crippen LogP contribution in [0.1, 0.15) is 25.5 Å². The average Bonchev–Trinajstić information content (AvgIpc) is 2.87. The molecule has 0 aliphatic heterocycles. The van der Waals surface area contributed by atoms with E-state index >= 15 is 0 Å². The van der Waals surface area contributed by atoms with Crippen LogP contribution in [0.5, 0.6) is 5.75 Å². The van der Waals surface area contributed by atoms with E-state index < -0.39 is 0 Å². The molecule has 0 aliphatic carbocycles. The molecule has 2 N–H and O–H groups in total. The Morgan fingerprint density at radius 3 is 2.70 bits per heavy atom. The van der Waals surface area contributed by atoms with Crippen LogP contribution in [0.3, 0.4) is 0 Å². The highest BCUT2D eigenvalue weighted by atomic mass is 32.2. The van der Waals surface area contributed by atoms with Crippen molar-refractivity contribution in [1.82, 2.24) is 5.16 Å². The first kappa shape index (κ1) is 14.5. The predicted octanol–water partition coefficient (Wildman–Crippen LogP) is 3.23. The first-order chi connectivity index (χ1) is 9.54. The molecule has 1 amide bonds. The molecule has 2 rings (SSSR count). The summed E-state index contributed by atoms with van der Waals surface area (Å²) in [6.07, 6.45) is 0. The maximum Gasteiger partial charge on any atom is 0.237 e. The second-order valence-electron chi connectivity index (χ2n) is 4.60. The third-order valence-electron chi connectivity index (χ3n) is 2.59. The number of nitrogens with zero attached hydrogens (tertiary/aromatic N) is 1. The fraction of sp³-hybridized carbons (Fsp3) is 0.286. The summed E-state index contributed by atoms with van der Waals surface area (Å²) < 4.78 is 5.04. The van der Waals surface area contributed by atoms with E-state index in [4.69, 9.17) is 9.63 Å². The number of carbonyl (C=O) groups is 1. The van der Waals surface area contributed by atoms with Crippen molar-refractivity contribution in [2.24, 2.45) is 0 Å². The Hall–Kier alpha value is -1.95. The number of hydrogen-bond donors (Lipinski definition) is 2. The van der Waals surface area contributed by atoms with Crippen molar-refractivity contribution in [3.05, 3.63) is 36.0 Å². The minimum absolute atomic E-state index is 0.158. The summed E-state index contributed by atoms with van der Waals surface area (Å²) in [6, 6.07) is 8.43. The third kappa shape index (κ3) is 4.03. The molecule has 5 nitrogen and oxygen atoms in total. The van der Waals surface area contributed by atoms with E-state index in [1.54, 1.807) is 30.3 Å². The normalized spacial score (nSPS) is 10.8. The van der Waals surface area contributed by atoms with Crippen LogP contribution in [0.15, 0.2) is 39.8 Å². The van der Waals surface area contributed by atoms with Gasteiger partial charge in [0.05, 0.1) is 11.4 Å². The van der Waals surface area contributed by atoms with Gasteiger partial charge in [-0.25, -0.2) is 0 Å². The van der Waals surface area contributed by atoms with Gasteiger partial charge in [-0.05, 0) is 30.2 Å². The van der Waals surface area contributed by atoms with Crippen molar-refractivity contribution in [3.63, 3.8) is 0 Å². The van der Waals surface area contributed by atoms with Crippen molar-refractivity contribution < 1.29 is 14.4 Å². The van der Waals surface area contributed by atoms with Gasteiger partial charge < -0.3 is 9.63 Å². The highest BCUT2D eigenvalue weighted by Gasteiger charge is 2.10. The lowest BCUT2D eigenvalue weighted by Crippen LogP contribution is -2.13. The van der Waals surface area contributed by atoms with Crippen molar-refractivity contribution >= 4 is 23.6 Å². The Kier molecular flexibility index (Phi) is 4.68. The topological polar surface area (TPSA) is 75.4 Å². The highest BCUT2D eigenvalue weighted by molar-refractivity contribution is 8.00. The van der Waals surface area contributed by atoms with Gasteiger partial charge in [-0.2, -0.15) is 0 Å². The molecule has 20 heavy (non-hydrogen) atoms. The van der Waals surface area contributed by atoms with Crippen molar-refractivity contribution in [2.75, 3.05) is 11.1 Å². The molecule has 0 radical (unpaired) electrons. The second kappa shape index (κ2) is 6.47. The number of thioether (sulfide) groups is 1. The Bertz CT molecular complexity index is 578. The largest absolute Gasteiger partial charge is 0.508 e. The van der Waals surface area contributed by atoms with Crippen LogP contribution < -0.4 is 5.32 Å². The van der Waals surface area contributed by atoms with E-state index in [0.29, 0.717) is 5.88 Å². The molecule has 1 aromatic heterocycles. The van der Waals surface area contributed by atoms with Gasteiger partial charge in [0.2, 0.25) is 11.8 Å². The smallest absolute Gasteiger partial charge is 0.237 e. The van der Waals surface area contributed by atoms with Crippen LogP contribution in [0.4, 0.5) is 5.88 Å². The van der Waals surface area contributed by atoms with Crippen LogP contribution in [0.25, 0.3) is 0 Å². The summed E-state index contributed by atoms with van der Waals surface area (Å²) in [5.74, 6) is 0.944. The molecule has 106 valence electrons. The van der Waals surface area contributed by atoms with Crippen LogP contribution >= 0.6 is 11.8 Å². The third-order valence-corrected chi connectivity index (χ3v) is 3.60. The molecule has 0 atom stereocenters. The van der Waals surface area contributed by atoms with E-state index in [2.05, 4.69) is 10.5 Å². The fourth-order valence-corrected chi connectivity index (χ4v) is 2.18. The predicted molar refractivity (Wildman–Crippen MR) is 78.1 cm³/mol. The molecule has 0 aliphatic rings. The van der Waals surface area contributed by atoms with Gasteiger partial charge in [0.1, 0.15) is 5.75 Å². The maximum atomic E-state index is 11.8. The fourth-order valence-electron chi connectivity index (χ4n) is 1.48. The first-order valence-corrected chi connectivity index (χ1v) is 7.21. The molecular formula is C14H16N2O3S. The Morgan fingerprint density at radius 1 is 1.40 bits per heavy atom. The van der Waals surface area contributed by atoms with Gasteiger partial charge in [-0.15, -0.1) is 11.8 Å². The molecule has 0 saturated heterocycles. The lowest BCUT2D eigenvalue weighted by Gasteiger charge is -2.02. The molecule has 1 aromatic carbocycles. The molecule has 0 bridgehead atoms. The number of hydrogen-bond acceptors (Lipinski definition) is 5.